The lowest BCUT2D eigenvalue weighted by molar-refractivity contribution is 0.0600. The smallest absolute Gasteiger partial charge is 0.337 e. The van der Waals surface area contributed by atoms with E-state index in [-0.39, 0.29) is 22.6 Å². The fourth-order valence-electron chi connectivity index (χ4n) is 3.60. The normalized spacial score (nSPS) is 13.9. The lowest BCUT2D eigenvalue weighted by Gasteiger charge is -2.31. The summed E-state index contributed by atoms with van der Waals surface area (Å²) in [7, 11) is 1.30. The number of ether oxygens (including phenoxy) is 1. The Morgan fingerprint density at radius 2 is 1.82 bits per heavy atom. The highest BCUT2D eigenvalue weighted by atomic mass is 32.1. The Balaban J connectivity index is 1.31. The first kappa shape index (κ1) is 23.3. The Bertz CT molecular complexity index is 1210. The number of likely N-dealkylation sites (tertiary alicyclic amines) is 1. The van der Waals surface area contributed by atoms with Crippen LogP contribution in [0.4, 0.5) is 20.6 Å². The fourth-order valence-corrected chi connectivity index (χ4v) is 4.51. The molecule has 4 rings (SSSR count). The summed E-state index contributed by atoms with van der Waals surface area (Å²) < 4.78 is 18.5. The van der Waals surface area contributed by atoms with Crippen molar-refractivity contribution >= 4 is 40.6 Å². The summed E-state index contributed by atoms with van der Waals surface area (Å²) in [5, 5.41) is 14.3. The predicted octanol–water partition coefficient (Wildman–Crippen LogP) is 4.13. The highest BCUT2D eigenvalue weighted by Gasteiger charge is 2.27. The van der Waals surface area contributed by atoms with Crippen molar-refractivity contribution in [3.05, 3.63) is 69.9 Å². The van der Waals surface area contributed by atoms with Crippen molar-refractivity contribution in [1.82, 2.24) is 15.1 Å². The van der Waals surface area contributed by atoms with Gasteiger partial charge in [-0.1, -0.05) is 29.5 Å². The zero-order valence-corrected chi connectivity index (χ0v) is 19.1. The van der Waals surface area contributed by atoms with Gasteiger partial charge in [0.25, 0.3) is 5.91 Å². The highest BCUT2D eigenvalue weighted by molar-refractivity contribution is 7.13. The summed E-state index contributed by atoms with van der Waals surface area (Å²) in [5.41, 5.74) is 0.940. The monoisotopic (exact) mass is 483 g/mol. The third-order valence-corrected chi connectivity index (χ3v) is 6.51. The van der Waals surface area contributed by atoms with Gasteiger partial charge in [-0.3, -0.25) is 4.79 Å². The maximum atomic E-state index is 13.8. The van der Waals surface area contributed by atoms with Gasteiger partial charge in [0.1, 0.15) is 10.8 Å². The number of esters is 1. The molecule has 0 radical (unpaired) electrons. The molecule has 1 aromatic heterocycles. The largest absolute Gasteiger partial charge is 0.465 e. The molecule has 3 aromatic rings. The molecule has 0 spiro atoms. The number of piperidine rings is 1. The van der Waals surface area contributed by atoms with Crippen LogP contribution in [-0.2, 0) is 4.74 Å². The maximum absolute atomic E-state index is 13.8. The van der Waals surface area contributed by atoms with Gasteiger partial charge < -0.3 is 20.3 Å². The highest BCUT2D eigenvalue weighted by Crippen LogP contribution is 2.30. The van der Waals surface area contributed by atoms with Crippen molar-refractivity contribution in [2.45, 2.75) is 18.8 Å². The molecule has 2 N–H and O–H groups in total. The Hall–Kier alpha value is -3.86. The van der Waals surface area contributed by atoms with Gasteiger partial charge in [-0.05, 0) is 43.2 Å². The first-order chi connectivity index (χ1) is 16.4. The number of hydrogen-bond acceptors (Lipinski definition) is 7. The number of amides is 3. The van der Waals surface area contributed by atoms with Crippen LogP contribution in [0.2, 0.25) is 0 Å². The number of carbonyl (C=O) groups is 3. The van der Waals surface area contributed by atoms with E-state index in [0.717, 1.165) is 0 Å². The third kappa shape index (κ3) is 5.37. The van der Waals surface area contributed by atoms with Crippen molar-refractivity contribution in [2.24, 2.45) is 0 Å². The van der Waals surface area contributed by atoms with Gasteiger partial charge in [-0.2, -0.15) is 0 Å². The minimum Gasteiger partial charge on any atom is -0.465 e. The van der Waals surface area contributed by atoms with Gasteiger partial charge in [-0.25, -0.2) is 14.0 Å². The first-order valence-corrected chi connectivity index (χ1v) is 11.4. The van der Waals surface area contributed by atoms with E-state index in [1.54, 1.807) is 41.3 Å². The average molecular weight is 484 g/mol. The van der Waals surface area contributed by atoms with Gasteiger partial charge in [0, 0.05) is 24.7 Å². The van der Waals surface area contributed by atoms with E-state index in [1.807, 2.05) is 0 Å². The molecule has 0 bridgehead atoms. The Morgan fingerprint density at radius 1 is 1.06 bits per heavy atom. The molecule has 0 unspecified atom stereocenters. The molecule has 1 saturated heterocycles. The second-order valence-electron chi connectivity index (χ2n) is 7.64. The fraction of sp³-hybridized carbons (Fsp3) is 0.261. The minimum atomic E-state index is -0.525. The number of carbonyl (C=O) groups excluding carboxylic acids is 3. The Kier molecular flexibility index (Phi) is 7.12. The lowest BCUT2D eigenvalue weighted by atomic mass is 9.98. The molecule has 2 aromatic carbocycles. The average Bonchev–Trinajstić information content (AvgIpc) is 3.36. The second-order valence-corrected chi connectivity index (χ2v) is 8.65. The van der Waals surface area contributed by atoms with Gasteiger partial charge in [-0.15, -0.1) is 10.2 Å². The van der Waals surface area contributed by atoms with E-state index in [4.69, 9.17) is 4.74 Å². The van der Waals surface area contributed by atoms with Crippen molar-refractivity contribution in [2.75, 3.05) is 30.8 Å². The van der Waals surface area contributed by atoms with Crippen LogP contribution in [0, 0.1) is 5.82 Å². The summed E-state index contributed by atoms with van der Waals surface area (Å²) in [4.78, 5) is 38.4. The van der Waals surface area contributed by atoms with Crippen LogP contribution in [0.15, 0.2) is 48.5 Å². The van der Waals surface area contributed by atoms with Gasteiger partial charge in [0.05, 0.1) is 18.4 Å². The number of nitrogens with zero attached hydrogens (tertiary/aromatic N) is 3. The molecule has 1 aliphatic heterocycles. The molecule has 1 fully saturated rings. The molecule has 1 aliphatic rings. The number of benzene rings is 2. The topological polar surface area (TPSA) is 114 Å². The first-order valence-electron chi connectivity index (χ1n) is 10.6. The van der Waals surface area contributed by atoms with Crippen LogP contribution in [-0.4, -0.2) is 53.2 Å². The van der Waals surface area contributed by atoms with E-state index in [0.29, 0.717) is 42.2 Å². The molecule has 0 atom stereocenters. The molecule has 11 heteroatoms. The number of para-hydroxylation sites is 1. The molecule has 0 saturated carbocycles. The van der Waals surface area contributed by atoms with Gasteiger partial charge in [0.15, 0.2) is 0 Å². The summed E-state index contributed by atoms with van der Waals surface area (Å²) in [5.74, 6) is -1.45. The van der Waals surface area contributed by atoms with Gasteiger partial charge in [0.2, 0.25) is 5.01 Å². The predicted molar refractivity (Wildman–Crippen MR) is 125 cm³/mol. The molecule has 34 heavy (non-hydrogen) atoms. The number of halogens is 1. The van der Waals surface area contributed by atoms with Gasteiger partial charge >= 0.3 is 12.0 Å². The van der Waals surface area contributed by atoms with Crippen LogP contribution in [0.1, 0.15) is 43.9 Å². The maximum Gasteiger partial charge on any atom is 0.337 e. The van der Waals surface area contributed by atoms with E-state index in [1.165, 1.54) is 30.6 Å². The Morgan fingerprint density at radius 3 is 2.56 bits per heavy atom. The van der Waals surface area contributed by atoms with E-state index in [2.05, 4.69) is 20.8 Å². The molecular weight excluding hydrogens is 461 g/mol. The molecule has 3 amide bonds. The summed E-state index contributed by atoms with van der Waals surface area (Å²) in [6, 6.07) is 12.2. The Labute approximate surface area is 198 Å². The number of hydrogen-bond donors (Lipinski definition) is 2. The zero-order chi connectivity index (χ0) is 24.1. The molecule has 0 aliphatic carbocycles. The number of methoxy groups -OCH3 is 1. The third-order valence-electron chi connectivity index (χ3n) is 5.42. The van der Waals surface area contributed by atoms with Crippen molar-refractivity contribution in [1.29, 1.82) is 0 Å². The van der Waals surface area contributed by atoms with Crippen LogP contribution in [0.25, 0.3) is 0 Å². The van der Waals surface area contributed by atoms with Crippen LogP contribution in [0.3, 0.4) is 0 Å². The molecule has 2 heterocycles. The lowest BCUT2D eigenvalue weighted by Crippen LogP contribution is -2.40. The minimum absolute atomic E-state index is 0.0687. The van der Waals surface area contributed by atoms with E-state index < -0.39 is 17.7 Å². The summed E-state index contributed by atoms with van der Waals surface area (Å²) >= 11 is 1.17. The molecule has 9 nitrogen and oxygen atoms in total. The number of urea groups is 1. The summed E-state index contributed by atoms with van der Waals surface area (Å²) in [6.07, 6.45) is 1.33. The quantitative estimate of drug-likeness (QED) is 0.528. The van der Waals surface area contributed by atoms with Crippen LogP contribution < -0.4 is 10.6 Å². The van der Waals surface area contributed by atoms with Crippen molar-refractivity contribution in [3.63, 3.8) is 0 Å². The number of nitrogens with one attached hydrogen (secondary N) is 2. The van der Waals surface area contributed by atoms with E-state index >= 15 is 0 Å². The summed E-state index contributed by atoms with van der Waals surface area (Å²) in [6.45, 7) is 1.01. The number of aromatic nitrogens is 2. The molecular formula is C23H22FN5O4S. The number of anilines is 2. The van der Waals surface area contributed by atoms with E-state index in [9.17, 15) is 18.8 Å². The van der Waals surface area contributed by atoms with Crippen molar-refractivity contribution < 1.29 is 23.5 Å². The van der Waals surface area contributed by atoms with Crippen molar-refractivity contribution in [3.8, 4) is 0 Å². The second kappa shape index (κ2) is 10.4. The number of rotatable bonds is 5. The standard InChI is InChI=1S/C23H22FN5O4S/c1-33-22(31)15-5-4-6-16(13-15)25-23(32)29-11-9-14(10-12-29)20-27-28-21(34-20)19(30)26-18-8-3-2-7-17(18)24/h2-8,13-14H,9-12H2,1H3,(H,25,32)(H,26,30). The van der Waals surface area contributed by atoms with Crippen LogP contribution in [0.5, 0.6) is 0 Å². The van der Waals surface area contributed by atoms with Crippen LogP contribution >= 0.6 is 11.3 Å². The zero-order valence-electron chi connectivity index (χ0n) is 18.3. The molecule has 176 valence electrons. The SMILES string of the molecule is COC(=O)c1cccc(NC(=O)N2CCC(c3nnc(C(=O)Nc4ccccc4F)s3)CC2)c1.